The van der Waals surface area contributed by atoms with E-state index in [0.29, 0.717) is 32.5 Å². The lowest BCUT2D eigenvalue weighted by atomic mass is 10.2. The predicted octanol–water partition coefficient (Wildman–Crippen LogP) is 4.73. The summed E-state index contributed by atoms with van der Waals surface area (Å²) < 4.78 is 6.93. The summed E-state index contributed by atoms with van der Waals surface area (Å²) in [5.41, 5.74) is 1.99. The predicted molar refractivity (Wildman–Crippen MR) is 119 cm³/mol. The van der Waals surface area contributed by atoms with Gasteiger partial charge in [0.2, 0.25) is 5.91 Å². The van der Waals surface area contributed by atoms with Crippen LogP contribution in [0.1, 0.15) is 11.3 Å². The van der Waals surface area contributed by atoms with Crippen molar-refractivity contribution in [3.05, 3.63) is 87.6 Å². The number of nitrogens with one attached hydrogen (secondary N) is 1. The Morgan fingerprint density at radius 1 is 1.20 bits per heavy atom. The summed E-state index contributed by atoms with van der Waals surface area (Å²) in [4.78, 5) is 30.2. The number of para-hydroxylation sites is 1. The molecule has 4 aromatic rings. The highest BCUT2D eigenvalue weighted by Crippen LogP contribution is 2.22. The van der Waals surface area contributed by atoms with Crippen LogP contribution in [-0.2, 0) is 11.3 Å². The molecule has 30 heavy (non-hydrogen) atoms. The van der Waals surface area contributed by atoms with Crippen LogP contribution in [0.4, 0.5) is 5.69 Å². The van der Waals surface area contributed by atoms with Gasteiger partial charge in [0.15, 0.2) is 5.16 Å². The summed E-state index contributed by atoms with van der Waals surface area (Å²) in [6, 6.07) is 16.0. The molecule has 6 nitrogen and oxygen atoms in total. The fraction of sp³-hybridized carbons (Fsp3) is 0.136. The normalized spacial score (nSPS) is 11.0. The van der Waals surface area contributed by atoms with E-state index >= 15 is 0 Å². The third-order valence-corrected chi connectivity index (χ3v) is 5.74. The molecule has 2 aromatic carbocycles. The van der Waals surface area contributed by atoms with E-state index in [1.807, 2.05) is 19.1 Å². The van der Waals surface area contributed by atoms with Gasteiger partial charge in [-0.15, -0.1) is 0 Å². The molecule has 0 fully saturated rings. The van der Waals surface area contributed by atoms with Gasteiger partial charge in [-0.2, -0.15) is 0 Å². The first-order valence-corrected chi connectivity index (χ1v) is 10.6. The van der Waals surface area contributed by atoms with E-state index < -0.39 is 0 Å². The molecule has 152 valence electrons. The van der Waals surface area contributed by atoms with E-state index in [-0.39, 0.29) is 23.8 Å². The van der Waals surface area contributed by atoms with E-state index in [0.717, 1.165) is 5.56 Å². The minimum Gasteiger partial charge on any atom is -0.467 e. The molecule has 0 radical (unpaired) electrons. The van der Waals surface area contributed by atoms with Gasteiger partial charge in [-0.05, 0) is 48.9 Å². The van der Waals surface area contributed by atoms with Crippen LogP contribution >= 0.6 is 23.4 Å². The number of aryl methyl sites for hydroxylation is 1. The van der Waals surface area contributed by atoms with Crippen molar-refractivity contribution in [2.24, 2.45) is 0 Å². The molecule has 0 atom stereocenters. The second kappa shape index (κ2) is 8.77. The quantitative estimate of drug-likeness (QED) is 0.347. The van der Waals surface area contributed by atoms with Gasteiger partial charge in [-0.3, -0.25) is 14.2 Å². The zero-order chi connectivity index (χ0) is 21.1. The Morgan fingerprint density at radius 3 is 2.83 bits per heavy atom. The van der Waals surface area contributed by atoms with Crippen molar-refractivity contribution in [1.29, 1.82) is 0 Å². The van der Waals surface area contributed by atoms with Gasteiger partial charge in [-0.25, -0.2) is 4.98 Å². The first-order chi connectivity index (χ1) is 14.5. The van der Waals surface area contributed by atoms with Gasteiger partial charge in [0.05, 0.1) is 29.5 Å². The molecule has 1 amide bonds. The Hall–Kier alpha value is -3.03. The van der Waals surface area contributed by atoms with Crippen LogP contribution < -0.4 is 10.9 Å². The van der Waals surface area contributed by atoms with Crippen molar-refractivity contribution in [2.45, 2.75) is 18.6 Å². The van der Waals surface area contributed by atoms with Crippen molar-refractivity contribution in [3.8, 4) is 0 Å². The fourth-order valence-corrected chi connectivity index (χ4v) is 3.97. The van der Waals surface area contributed by atoms with Gasteiger partial charge < -0.3 is 9.73 Å². The van der Waals surface area contributed by atoms with Gasteiger partial charge in [0.25, 0.3) is 5.56 Å². The Morgan fingerprint density at radius 2 is 2.03 bits per heavy atom. The molecule has 0 spiro atoms. The molecule has 0 saturated heterocycles. The minimum atomic E-state index is -0.211. The lowest BCUT2D eigenvalue weighted by molar-refractivity contribution is -0.113. The number of hydrogen-bond acceptors (Lipinski definition) is 5. The summed E-state index contributed by atoms with van der Waals surface area (Å²) in [6.07, 6.45) is 1.56. The number of fused-ring (bicyclic) bond motifs is 1. The van der Waals surface area contributed by atoms with Crippen molar-refractivity contribution in [3.63, 3.8) is 0 Å². The number of aromatic nitrogens is 2. The number of hydrogen-bond donors (Lipinski definition) is 1. The standard InChI is InChI=1S/C22H18ClN3O3S/c1-14-8-9-15(23)11-19(14)24-20(27)13-30-22-25-18-7-3-2-6-17(18)21(28)26(22)12-16-5-4-10-29-16/h2-11H,12-13H2,1H3,(H,24,27). The first-order valence-electron chi connectivity index (χ1n) is 9.22. The van der Waals surface area contributed by atoms with E-state index in [1.165, 1.54) is 16.3 Å². The molecule has 1 N–H and O–H groups in total. The highest BCUT2D eigenvalue weighted by Gasteiger charge is 2.15. The largest absolute Gasteiger partial charge is 0.467 e. The molecule has 4 rings (SSSR count). The number of furan rings is 1. The molecule has 2 heterocycles. The van der Waals surface area contributed by atoms with Crippen LogP contribution in [-0.4, -0.2) is 21.2 Å². The number of carbonyl (C=O) groups is 1. The van der Waals surface area contributed by atoms with Crippen molar-refractivity contribution in [1.82, 2.24) is 9.55 Å². The molecule has 0 unspecified atom stereocenters. The van der Waals surface area contributed by atoms with Gasteiger partial charge in [-0.1, -0.05) is 41.6 Å². The summed E-state index contributed by atoms with van der Waals surface area (Å²) in [5, 5.41) is 4.38. The molecular formula is C22H18ClN3O3S. The number of amides is 1. The first kappa shape index (κ1) is 20.3. The molecule has 0 aliphatic rings. The summed E-state index contributed by atoms with van der Waals surface area (Å²) in [6.45, 7) is 2.13. The molecule has 0 saturated carbocycles. The maximum atomic E-state index is 13.0. The topological polar surface area (TPSA) is 77.1 Å². The highest BCUT2D eigenvalue weighted by atomic mass is 35.5. The molecule has 0 aliphatic heterocycles. The van der Waals surface area contributed by atoms with Gasteiger partial charge in [0.1, 0.15) is 5.76 Å². The lowest BCUT2D eigenvalue weighted by Gasteiger charge is -2.13. The average Bonchev–Trinajstić information content (AvgIpc) is 3.25. The number of anilines is 1. The fourth-order valence-electron chi connectivity index (χ4n) is 3.00. The second-order valence-electron chi connectivity index (χ2n) is 6.68. The second-order valence-corrected chi connectivity index (χ2v) is 8.06. The summed E-state index contributed by atoms with van der Waals surface area (Å²) >= 11 is 7.22. The number of rotatable bonds is 6. The average molecular weight is 440 g/mol. The smallest absolute Gasteiger partial charge is 0.262 e. The van der Waals surface area contributed by atoms with E-state index in [2.05, 4.69) is 10.3 Å². The zero-order valence-corrected chi connectivity index (χ0v) is 17.7. The number of carbonyl (C=O) groups excluding carboxylic acids is 1. The number of benzene rings is 2. The molecule has 8 heteroatoms. The van der Waals surface area contributed by atoms with Gasteiger partial charge >= 0.3 is 0 Å². The van der Waals surface area contributed by atoms with Crippen LogP contribution in [0.15, 0.2) is 75.2 Å². The van der Waals surface area contributed by atoms with Gasteiger partial charge in [0, 0.05) is 10.7 Å². The Balaban J connectivity index is 1.60. The Kier molecular flexibility index (Phi) is 5.92. The zero-order valence-electron chi connectivity index (χ0n) is 16.1. The van der Waals surface area contributed by atoms with Crippen molar-refractivity contribution >= 4 is 45.9 Å². The maximum Gasteiger partial charge on any atom is 0.262 e. The maximum absolute atomic E-state index is 13.0. The molecular weight excluding hydrogens is 422 g/mol. The SMILES string of the molecule is Cc1ccc(Cl)cc1NC(=O)CSc1nc2ccccc2c(=O)n1Cc1ccco1. The molecule has 0 aliphatic carbocycles. The van der Waals surface area contributed by atoms with Crippen LogP contribution in [0, 0.1) is 6.92 Å². The van der Waals surface area contributed by atoms with E-state index in [9.17, 15) is 9.59 Å². The van der Waals surface area contributed by atoms with E-state index in [1.54, 1.807) is 48.7 Å². The van der Waals surface area contributed by atoms with Crippen LogP contribution in [0.3, 0.4) is 0 Å². The van der Waals surface area contributed by atoms with Crippen LogP contribution in [0.2, 0.25) is 5.02 Å². The summed E-state index contributed by atoms with van der Waals surface area (Å²) in [7, 11) is 0. The molecule has 2 aromatic heterocycles. The Labute approximate surface area is 181 Å². The lowest BCUT2D eigenvalue weighted by Crippen LogP contribution is -2.24. The molecule has 0 bridgehead atoms. The third-order valence-electron chi connectivity index (χ3n) is 4.53. The number of nitrogens with zero attached hydrogens (tertiary/aromatic N) is 2. The Bertz CT molecular complexity index is 1270. The monoisotopic (exact) mass is 439 g/mol. The number of halogens is 1. The highest BCUT2D eigenvalue weighted by molar-refractivity contribution is 7.99. The minimum absolute atomic E-state index is 0.0922. The summed E-state index contributed by atoms with van der Waals surface area (Å²) in [5.74, 6) is 0.516. The van der Waals surface area contributed by atoms with Crippen LogP contribution in [0.5, 0.6) is 0 Å². The number of thioether (sulfide) groups is 1. The third kappa shape index (κ3) is 4.42. The van der Waals surface area contributed by atoms with Crippen molar-refractivity contribution in [2.75, 3.05) is 11.1 Å². The van der Waals surface area contributed by atoms with E-state index in [4.69, 9.17) is 16.0 Å². The van der Waals surface area contributed by atoms with Crippen molar-refractivity contribution < 1.29 is 9.21 Å². The van der Waals surface area contributed by atoms with Crippen LogP contribution in [0.25, 0.3) is 10.9 Å².